The van der Waals surface area contributed by atoms with E-state index in [0.29, 0.717) is 5.69 Å². The van der Waals surface area contributed by atoms with Gasteiger partial charge in [-0.15, -0.1) is 0 Å². The second-order valence-corrected chi connectivity index (χ2v) is 4.48. The molecule has 0 aliphatic carbocycles. The lowest BCUT2D eigenvalue weighted by Crippen LogP contribution is -2.09. The van der Waals surface area contributed by atoms with Crippen molar-refractivity contribution in [1.82, 2.24) is 0 Å². The normalized spacial score (nSPS) is 11.4. The van der Waals surface area contributed by atoms with Crippen LogP contribution >= 0.6 is 0 Å². The molecule has 0 fully saturated rings. The molecule has 0 radical (unpaired) electrons. The van der Waals surface area contributed by atoms with Crippen molar-refractivity contribution in [2.75, 3.05) is 11.1 Å². The van der Waals surface area contributed by atoms with Gasteiger partial charge >= 0.3 is 6.18 Å². The standard InChI is InChI=1S/C15H15F3N2/c1-2-10-4-3-5-12(8-10)20-14-7-6-11(19)9-13(14)15(16,17)18/h3-9,20H,2,19H2,1H3. The second kappa shape index (κ2) is 5.45. The van der Waals surface area contributed by atoms with E-state index in [-0.39, 0.29) is 11.4 Å². The number of anilines is 3. The van der Waals surface area contributed by atoms with Crippen molar-refractivity contribution in [3.63, 3.8) is 0 Å². The molecular weight excluding hydrogens is 265 g/mol. The van der Waals surface area contributed by atoms with Crippen molar-refractivity contribution < 1.29 is 13.2 Å². The van der Waals surface area contributed by atoms with Crippen LogP contribution in [0, 0.1) is 0 Å². The molecule has 5 heteroatoms. The van der Waals surface area contributed by atoms with Gasteiger partial charge in [0.25, 0.3) is 0 Å². The maximum absolute atomic E-state index is 13.0. The van der Waals surface area contributed by atoms with Gasteiger partial charge in [-0.1, -0.05) is 19.1 Å². The summed E-state index contributed by atoms with van der Waals surface area (Å²) in [5.41, 5.74) is 6.44. The average Bonchev–Trinajstić information content (AvgIpc) is 2.40. The molecule has 2 nitrogen and oxygen atoms in total. The Morgan fingerprint density at radius 2 is 1.85 bits per heavy atom. The first kappa shape index (κ1) is 14.2. The van der Waals surface area contributed by atoms with Crippen LogP contribution in [-0.4, -0.2) is 0 Å². The van der Waals surface area contributed by atoms with Gasteiger partial charge in [0, 0.05) is 11.4 Å². The molecule has 0 unspecified atom stereocenters. The number of hydrogen-bond acceptors (Lipinski definition) is 2. The Morgan fingerprint density at radius 3 is 2.50 bits per heavy atom. The van der Waals surface area contributed by atoms with E-state index in [2.05, 4.69) is 5.32 Å². The monoisotopic (exact) mass is 280 g/mol. The van der Waals surface area contributed by atoms with Gasteiger partial charge in [-0.05, 0) is 42.3 Å². The molecule has 0 amide bonds. The smallest absolute Gasteiger partial charge is 0.399 e. The zero-order chi connectivity index (χ0) is 14.8. The van der Waals surface area contributed by atoms with Gasteiger partial charge < -0.3 is 11.1 Å². The van der Waals surface area contributed by atoms with Crippen LogP contribution in [0.1, 0.15) is 18.1 Å². The van der Waals surface area contributed by atoms with Gasteiger partial charge in [-0.25, -0.2) is 0 Å². The molecular formula is C15H15F3N2. The van der Waals surface area contributed by atoms with E-state index < -0.39 is 11.7 Å². The Morgan fingerprint density at radius 1 is 1.10 bits per heavy atom. The fourth-order valence-corrected chi connectivity index (χ4v) is 1.93. The minimum absolute atomic E-state index is 0.0000435. The molecule has 0 aliphatic heterocycles. The molecule has 0 atom stereocenters. The largest absolute Gasteiger partial charge is 0.418 e. The molecule has 0 saturated carbocycles. The predicted molar refractivity (Wildman–Crippen MR) is 75.0 cm³/mol. The van der Waals surface area contributed by atoms with Crippen molar-refractivity contribution >= 4 is 17.1 Å². The van der Waals surface area contributed by atoms with Gasteiger partial charge in [0.2, 0.25) is 0 Å². The van der Waals surface area contributed by atoms with E-state index >= 15 is 0 Å². The summed E-state index contributed by atoms with van der Waals surface area (Å²) in [5, 5.41) is 2.81. The number of benzene rings is 2. The first-order valence-electron chi connectivity index (χ1n) is 6.23. The number of aryl methyl sites for hydroxylation is 1. The van der Waals surface area contributed by atoms with Crippen molar-refractivity contribution in [2.45, 2.75) is 19.5 Å². The lowest BCUT2D eigenvalue weighted by atomic mass is 10.1. The Hall–Kier alpha value is -2.17. The summed E-state index contributed by atoms with van der Waals surface area (Å²) in [6, 6.07) is 11.0. The summed E-state index contributed by atoms with van der Waals surface area (Å²) in [4.78, 5) is 0. The van der Waals surface area contributed by atoms with Crippen LogP contribution in [-0.2, 0) is 12.6 Å². The molecule has 106 valence electrons. The quantitative estimate of drug-likeness (QED) is 0.807. The van der Waals surface area contributed by atoms with E-state index in [9.17, 15) is 13.2 Å². The lowest BCUT2D eigenvalue weighted by Gasteiger charge is -2.15. The molecule has 0 spiro atoms. The summed E-state index contributed by atoms with van der Waals surface area (Å²) < 4.78 is 38.9. The van der Waals surface area contributed by atoms with Gasteiger partial charge in [-0.3, -0.25) is 0 Å². The maximum Gasteiger partial charge on any atom is 0.418 e. The SMILES string of the molecule is CCc1cccc(Nc2ccc(N)cc2C(F)(F)F)c1. The topological polar surface area (TPSA) is 38.0 Å². The number of nitrogens with one attached hydrogen (secondary N) is 1. The van der Waals surface area contributed by atoms with Crippen molar-refractivity contribution in [1.29, 1.82) is 0 Å². The van der Waals surface area contributed by atoms with E-state index in [1.165, 1.54) is 12.1 Å². The molecule has 0 heterocycles. The average molecular weight is 280 g/mol. The van der Waals surface area contributed by atoms with Crippen LogP contribution in [0.15, 0.2) is 42.5 Å². The fraction of sp³-hybridized carbons (Fsp3) is 0.200. The summed E-state index contributed by atoms with van der Waals surface area (Å²) in [6.07, 6.45) is -3.62. The molecule has 2 aromatic carbocycles. The molecule has 0 aliphatic rings. The molecule has 2 rings (SSSR count). The highest BCUT2D eigenvalue weighted by Crippen LogP contribution is 2.37. The number of rotatable bonds is 3. The van der Waals surface area contributed by atoms with Gasteiger partial charge in [0.05, 0.1) is 11.3 Å². The molecule has 0 saturated heterocycles. The van der Waals surface area contributed by atoms with Crippen LogP contribution in [0.5, 0.6) is 0 Å². The van der Waals surface area contributed by atoms with Crippen LogP contribution in [0.3, 0.4) is 0 Å². The van der Waals surface area contributed by atoms with Crippen LogP contribution in [0.2, 0.25) is 0 Å². The molecule has 0 bridgehead atoms. The Kier molecular flexibility index (Phi) is 3.88. The molecule has 0 aromatic heterocycles. The number of nitrogens with two attached hydrogens (primary N) is 1. The molecule has 3 N–H and O–H groups in total. The van der Waals surface area contributed by atoms with Crippen molar-refractivity contribution in [3.8, 4) is 0 Å². The fourth-order valence-electron chi connectivity index (χ4n) is 1.93. The summed E-state index contributed by atoms with van der Waals surface area (Å²) in [6.45, 7) is 1.99. The maximum atomic E-state index is 13.0. The Labute approximate surface area is 115 Å². The minimum atomic E-state index is -4.44. The Bertz CT molecular complexity index is 606. The number of alkyl halides is 3. The third-order valence-corrected chi connectivity index (χ3v) is 2.96. The molecule has 2 aromatic rings. The highest BCUT2D eigenvalue weighted by molar-refractivity contribution is 5.67. The third-order valence-electron chi connectivity index (χ3n) is 2.96. The lowest BCUT2D eigenvalue weighted by molar-refractivity contribution is -0.136. The van der Waals surface area contributed by atoms with E-state index in [4.69, 9.17) is 5.73 Å². The third kappa shape index (κ3) is 3.23. The Balaban J connectivity index is 2.38. The zero-order valence-corrected chi connectivity index (χ0v) is 11.0. The van der Waals surface area contributed by atoms with Gasteiger partial charge in [0.1, 0.15) is 0 Å². The van der Waals surface area contributed by atoms with Gasteiger partial charge in [-0.2, -0.15) is 13.2 Å². The predicted octanol–water partition coefficient (Wildman–Crippen LogP) is 4.59. The number of halogens is 3. The first-order chi connectivity index (χ1) is 9.40. The van der Waals surface area contributed by atoms with Crippen LogP contribution in [0.4, 0.5) is 30.2 Å². The van der Waals surface area contributed by atoms with Crippen molar-refractivity contribution in [3.05, 3.63) is 53.6 Å². The summed E-state index contributed by atoms with van der Waals surface area (Å²) >= 11 is 0. The van der Waals surface area contributed by atoms with Crippen LogP contribution in [0.25, 0.3) is 0 Å². The summed E-state index contributed by atoms with van der Waals surface area (Å²) in [7, 11) is 0. The number of nitrogen functional groups attached to an aromatic ring is 1. The minimum Gasteiger partial charge on any atom is -0.399 e. The van der Waals surface area contributed by atoms with Crippen molar-refractivity contribution in [2.24, 2.45) is 0 Å². The van der Waals surface area contributed by atoms with E-state index in [0.717, 1.165) is 18.1 Å². The van der Waals surface area contributed by atoms with E-state index in [1.807, 2.05) is 25.1 Å². The zero-order valence-electron chi connectivity index (χ0n) is 11.0. The molecule has 20 heavy (non-hydrogen) atoms. The second-order valence-electron chi connectivity index (χ2n) is 4.48. The van der Waals surface area contributed by atoms with E-state index in [1.54, 1.807) is 6.07 Å². The first-order valence-corrected chi connectivity index (χ1v) is 6.23. The number of hydrogen-bond donors (Lipinski definition) is 2. The highest BCUT2D eigenvalue weighted by atomic mass is 19.4. The van der Waals surface area contributed by atoms with Gasteiger partial charge in [0.15, 0.2) is 0 Å². The highest BCUT2D eigenvalue weighted by Gasteiger charge is 2.33. The van der Waals surface area contributed by atoms with Crippen LogP contribution < -0.4 is 11.1 Å². The summed E-state index contributed by atoms with van der Waals surface area (Å²) in [5.74, 6) is 0.